The van der Waals surface area contributed by atoms with Crippen molar-refractivity contribution in [2.45, 2.75) is 26.4 Å². The van der Waals surface area contributed by atoms with Crippen molar-refractivity contribution in [3.05, 3.63) is 27.2 Å². The number of benzene rings is 1. The van der Waals surface area contributed by atoms with Gasteiger partial charge in [0.05, 0.1) is 5.02 Å². The van der Waals surface area contributed by atoms with Crippen LogP contribution in [0.2, 0.25) is 5.02 Å². The van der Waals surface area contributed by atoms with Gasteiger partial charge in [-0.25, -0.2) is 5.84 Å². The molecule has 0 radical (unpaired) electrons. The highest BCUT2D eigenvalue weighted by Crippen LogP contribution is 2.32. The number of hydrogen-bond acceptors (Lipinski definition) is 3. The first-order valence-electron chi connectivity index (χ1n) is 5.12. The third-order valence-electron chi connectivity index (χ3n) is 2.26. The van der Waals surface area contributed by atoms with Gasteiger partial charge >= 0.3 is 0 Å². The lowest BCUT2D eigenvalue weighted by atomic mass is 10.2. The number of halogens is 2. The maximum Gasteiger partial charge on any atom is 0.274 e. The molecule has 0 aliphatic carbocycles. The average molecular weight is 322 g/mol. The Labute approximate surface area is 114 Å². The van der Waals surface area contributed by atoms with Crippen molar-refractivity contribution in [2.24, 2.45) is 5.84 Å². The molecule has 17 heavy (non-hydrogen) atoms. The lowest BCUT2D eigenvalue weighted by molar-refractivity contribution is -0.128. The van der Waals surface area contributed by atoms with E-state index in [0.29, 0.717) is 17.2 Å². The summed E-state index contributed by atoms with van der Waals surface area (Å²) < 4.78 is 6.45. The minimum Gasteiger partial charge on any atom is -0.479 e. The van der Waals surface area contributed by atoms with Crippen LogP contribution in [0.15, 0.2) is 16.6 Å². The van der Waals surface area contributed by atoms with Crippen molar-refractivity contribution < 1.29 is 9.53 Å². The summed E-state index contributed by atoms with van der Waals surface area (Å²) >= 11 is 9.40. The third-order valence-corrected chi connectivity index (χ3v) is 3.00. The first-order chi connectivity index (χ1) is 7.99. The molecule has 0 bridgehead atoms. The molecule has 6 heteroatoms. The summed E-state index contributed by atoms with van der Waals surface area (Å²) in [5.74, 6) is 5.22. The quantitative estimate of drug-likeness (QED) is 0.509. The second-order valence-corrected chi connectivity index (χ2v) is 4.88. The van der Waals surface area contributed by atoms with Gasteiger partial charge in [0.1, 0.15) is 5.75 Å². The molecule has 1 amide bonds. The zero-order valence-corrected chi connectivity index (χ0v) is 11.9. The van der Waals surface area contributed by atoms with Gasteiger partial charge in [-0.05, 0) is 31.0 Å². The van der Waals surface area contributed by atoms with Gasteiger partial charge in [-0.1, -0.05) is 34.5 Å². The summed E-state index contributed by atoms with van der Waals surface area (Å²) in [5.41, 5.74) is 2.92. The van der Waals surface area contributed by atoms with Crippen LogP contribution in [-0.2, 0) is 4.79 Å². The Balaban J connectivity index is 2.98. The summed E-state index contributed by atoms with van der Waals surface area (Å²) in [4.78, 5) is 11.4. The molecule has 0 heterocycles. The fourth-order valence-electron chi connectivity index (χ4n) is 1.40. The normalized spacial score (nSPS) is 12.1. The summed E-state index contributed by atoms with van der Waals surface area (Å²) in [5, 5.41) is 0.458. The van der Waals surface area contributed by atoms with Gasteiger partial charge in [-0.2, -0.15) is 0 Å². The Morgan fingerprint density at radius 1 is 1.65 bits per heavy atom. The van der Waals surface area contributed by atoms with Crippen LogP contribution in [0.1, 0.15) is 18.9 Å². The van der Waals surface area contributed by atoms with E-state index >= 15 is 0 Å². The molecule has 3 N–H and O–H groups in total. The highest BCUT2D eigenvalue weighted by Gasteiger charge is 2.19. The van der Waals surface area contributed by atoms with Crippen molar-refractivity contribution in [2.75, 3.05) is 0 Å². The standard InChI is InChI=1S/C11H14BrClN2O2/c1-3-9(11(16)15-14)17-10-6(2)4-7(12)5-8(10)13/h4-5,9H,3,14H2,1-2H3,(H,15,16). The number of ether oxygens (including phenoxy) is 1. The Hall–Kier alpha value is -0.780. The zero-order chi connectivity index (χ0) is 13.0. The SMILES string of the molecule is CCC(Oc1c(C)cc(Br)cc1Cl)C(=O)NN. The zero-order valence-electron chi connectivity index (χ0n) is 9.59. The minimum absolute atomic E-state index is 0.370. The van der Waals surface area contributed by atoms with Crippen LogP contribution >= 0.6 is 27.5 Å². The maximum absolute atomic E-state index is 11.4. The van der Waals surface area contributed by atoms with E-state index in [4.69, 9.17) is 22.2 Å². The number of aryl methyl sites for hydroxylation is 1. The fraction of sp³-hybridized carbons (Fsp3) is 0.364. The lowest BCUT2D eigenvalue weighted by Crippen LogP contribution is -2.41. The van der Waals surface area contributed by atoms with E-state index in [0.717, 1.165) is 10.0 Å². The number of carbonyl (C=O) groups excluding carboxylic acids is 1. The first kappa shape index (κ1) is 14.3. The molecule has 0 aliphatic rings. The molecule has 1 rings (SSSR count). The second kappa shape index (κ2) is 6.23. The van der Waals surface area contributed by atoms with Crippen molar-refractivity contribution in [1.82, 2.24) is 5.43 Å². The first-order valence-corrected chi connectivity index (χ1v) is 6.29. The number of nitrogens with two attached hydrogens (primary N) is 1. The Morgan fingerprint density at radius 3 is 2.76 bits per heavy atom. The molecule has 4 nitrogen and oxygen atoms in total. The molecule has 0 aromatic heterocycles. The Bertz CT molecular complexity index is 403. The molecule has 0 saturated heterocycles. The molecule has 0 aliphatic heterocycles. The number of carbonyl (C=O) groups is 1. The van der Waals surface area contributed by atoms with E-state index in [1.807, 2.05) is 19.9 Å². The van der Waals surface area contributed by atoms with Crippen LogP contribution in [0.25, 0.3) is 0 Å². The van der Waals surface area contributed by atoms with Crippen LogP contribution < -0.4 is 16.0 Å². The number of hydrazine groups is 1. The molecule has 1 aromatic rings. The number of amides is 1. The van der Waals surface area contributed by atoms with Crippen LogP contribution in [0, 0.1) is 6.92 Å². The van der Waals surface area contributed by atoms with Crippen molar-refractivity contribution >= 4 is 33.4 Å². The molecular formula is C11H14BrClN2O2. The van der Waals surface area contributed by atoms with Gasteiger partial charge in [0.2, 0.25) is 0 Å². The van der Waals surface area contributed by atoms with E-state index in [1.54, 1.807) is 6.07 Å². The average Bonchev–Trinajstić information content (AvgIpc) is 2.27. The van der Waals surface area contributed by atoms with E-state index in [-0.39, 0.29) is 5.91 Å². The number of rotatable bonds is 4. The highest BCUT2D eigenvalue weighted by molar-refractivity contribution is 9.10. The molecule has 94 valence electrons. The second-order valence-electron chi connectivity index (χ2n) is 3.56. The lowest BCUT2D eigenvalue weighted by Gasteiger charge is -2.18. The van der Waals surface area contributed by atoms with Gasteiger partial charge < -0.3 is 4.74 Å². The number of hydrogen-bond donors (Lipinski definition) is 2. The van der Waals surface area contributed by atoms with E-state index in [1.165, 1.54) is 0 Å². The Morgan fingerprint density at radius 2 is 2.29 bits per heavy atom. The maximum atomic E-state index is 11.4. The summed E-state index contributed by atoms with van der Waals surface area (Å²) in [6.07, 6.45) is -0.133. The summed E-state index contributed by atoms with van der Waals surface area (Å²) in [6, 6.07) is 3.59. The highest BCUT2D eigenvalue weighted by atomic mass is 79.9. The predicted octanol–water partition coefficient (Wildman–Crippen LogP) is 2.56. The van der Waals surface area contributed by atoms with Crippen molar-refractivity contribution in [3.63, 3.8) is 0 Å². The smallest absolute Gasteiger partial charge is 0.274 e. The van der Waals surface area contributed by atoms with Gasteiger partial charge in [0.15, 0.2) is 6.10 Å². The third kappa shape index (κ3) is 3.59. The van der Waals surface area contributed by atoms with E-state index < -0.39 is 6.10 Å². The molecule has 0 fully saturated rings. The fourth-order valence-corrected chi connectivity index (χ4v) is 2.41. The van der Waals surface area contributed by atoms with Crippen molar-refractivity contribution in [3.8, 4) is 5.75 Å². The van der Waals surface area contributed by atoms with E-state index in [9.17, 15) is 4.79 Å². The molecule has 1 unspecified atom stereocenters. The summed E-state index contributed by atoms with van der Waals surface area (Å²) in [7, 11) is 0. The molecule has 0 saturated carbocycles. The van der Waals surface area contributed by atoms with Crippen LogP contribution in [0.5, 0.6) is 5.75 Å². The van der Waals surface area contributed by atoms with Gasteiger partial charge in [-0.3, -0.25) is 10.2 Å². The van der Waals surface area contributed by atoms with Crippen molar-refractivity contribution in [1.29, 1.82) is 0 Å². The monoisotopic (exact) mass is 320 g/mol. The molecular weight excluding hydrogens is 307 g/mol. The molecule has 1 aromatic carbocycles. The van der Waals surface area contributed by atoms with Gasteiger partial charge in [0, 0.05) is 4.47 Å². The van der Waals surface area contributed by atoms with Crippen LogP contribution in [-0.4, -0.2) is 12.0 Å². The molecule has 0 spiro atoms. The predicted molar refractivity (Wildman–Crippen MR) is 70.9 cm³/mol. The topological polar surface area (TPSA) is 64.3 Å². The van der Waals surface area contributed by atoms with Gasteiger partial charge in [-0.15, -0.1) is 0 Å². The van der Waals surface area contributed by atoms with Crippen LogP contribution in [0.3, 0.4) is 0 Å². The van der Waals surface area contributed by atoms with Gasteiger partial charge in [0.25, 0.3) is 5.91 Å². The summed E-state index contributed by atoms with van der Waals surface area (Å²) in [6.45, 7) is 3.70. The Kier molecular flexibility index (Phi) is 5.24. The largest absolute Gasteiger partial charge is 0.479 e. The number of nitrogens with one attached hydrogen (secondary N) is 1. The van der Waals surface area contributed by atoms with E-state index in [2.05, 4.69) is 21.4 Å². The minimum atomic E-state index is -0.641. The van der Waals surface area contributed by atoms with Crippen LogP contribution in [0.4, 0.5) is 0 Å². The molecule has 1 atom stereocenters.